The predicted octanol–water partition coefficient (Wildman–Crippen LogP) is 0.288. The first kappa shape index (κ1) is 27.9. The molecule has 1 aromatic rings. The number of carbonyl (C=O) groups is 5. The number of esters is 2. The highest BCUT2D eigenvalue weighted by Gasteiger charge is 2.29. The number of amides is 2. The second kappa shape index (κ2) is 14.1. The van der Waals surface area contributed by atoms with Gasteiger partial charge < -0.3 is 34.7 Å². The summed E-state index contributed by atoms with van der Waals surface area (Å²) in [6.07, 6.45) is 1.40. The van der Waals surface area contributed by atoms with Crippen LogP contribution in [0.3, 0.4) is 0 Å². The number of methoxy groups -OCH3 is 4. The van der Waals surface area contributed by atoms with Crippen LogP contribution in [0.5, 0.6) is 11.5 Å². The van der Waals surface area contributed by atoms with Gasteiger partial charge in [0.1, 0.15) is 12.1 Å². The van der Waals surface area contributed by atoms with E-state index in [1.807, 2.05) is 0 Å². The number of carboxylic acids is 1. The van der Waals surface area contributed by atoms with Crippen molar-refractivity contribution in [1.29, 1.82) is 0 Å². The molecule has 12 heteroatoms. The smallest absolute Gasteiger partial charge is 0.328 e. The number of hydrogen-bond donors (Lipinski definition) is 3. The van der Waals surface area contributed by atoms with Crippen molar-refractivity contribution in [3.05, 3.63) is 29.8 Å². The Bertz CT molecular complexity index is 928. The van der Waals surface area contributed by atoms with E-state index in [9.17, 15) is 24.0 Å². The van der Waals surface area contributed by atoms with Crippen molar-refractivity contribution in [2.45, 2.75) is 31.3 Å². The fourth-order valence-electron chi connectivity index (χ4n) is 2.74. The molecule has 0 saturated heterocycles. The molecule has 2 amide bonds. The molecule has 1 unspecified atom stereocenters. The summed E-state index contributed by atoms with van der Waals surface area (Å²) >= 11 is 0. The van der Waals surface area contributed by atoms with E-state index >= 15 is 0 Å². The van der Waals surface area contributed by atoms with E-state index in [0.29, 0.717) is 17.1 Å². The number of nitrogens with one attached hydrogen (secondary N) is 2. The lowest BCUT2D eigenvalue weighted by Gasteiger charge is -2.21. The van der Waals surface area contributed by atoms with Gasteiger partial charge in [0.2, 0.25) is 11.8 Å². The van der Waals surface area contributed by atoms with Gasteiger partial charge in [0.25, 0.3) is 0 Å². The number of benzene rings is 1. The molecule has 186 valence electrons. The van der Waals surface area contributed by atoms with Crippen molar-refractivity contribution in [2.24, 2.45) is 0 Å². The van der Waals surface area contributed by atoms with Crippen LogP contribution >= 0.6 is 0 Å². The zero-order valence-corrected chi connectivity index (χ0v) is 19.3. The third-order valence-electron chi connectivity index (χ3n) is 4.52. The SMILES string of the molecule is COC(=O)CC(NC(=O)[C@H](CCC(=O)O)NC(=O)/C=C/c1ccc(OC)c(OC)c1)C(=O)OC. The molecule has 0 aliphatic carbocycles. The Balaban J connectivity index is 2.97. The molecule has 1 rings (SSSR count). The molecule has 0 heterocycles. The van der Waals surface area contributed by atoms with Crippen LogP contribution in [0.25, 0.3) is 6.08 Å². The van der Waals surface area contributed by atoms with E-state index in [1.54, 1.807) is 18.2 Å². The maximum Gasteiger partial charge on any atom is 0.328 e. The number of ether oxygens (including phenoxy) is 4. The van der Waals surface area contributed by atoms with Crippen LogP contribution in [-0.4, -0.2) is 75.4 Å². The molecule has 3 N–H and O–H groups in total. The zero-order valence-electron chi connectivity index (χ0n) is 19.3. The van der Waals surface area contributed by atoms with Gasteiger partial charge in [-0.3, -0.25) is 19.2 Å². The lowest BCUT2D eigenvalue weighted by Crippen LogP contribution is -2.52. The van der Waals surface area contributed by atoms with E-state index in [1.165, 1.54) is 20.3 Å². The van der Waals surface area contributed by atoms with E-state index in [-0.39, 0.29) is 6.42 Å². The van der Waals surface area contributed by atoms with Crippen LogP contribution in [0.4, 0.5) is 0 Å². The van der Waals surface area contributed by atoms with Gasteiger partial charge in [0, 0.05) is 12.5 Å². The average Bonchev–Trinajstić information content (AvgIpc) is 2.83. The highest BCUT2D eigenvalue weighted by Crippen LogP contribution is 2.27. The summed E-state index contributed by atoms with van der Waals surface area (Å²) < 4.78 is 19.4. The van der Waals surface area contributed by atoms with E-state index in [0.717, 1.165) is 20.3 Å². The third-order valence-corrected chi connectivity index (χ3v) is 4.52. The van der Waals surface area contributed by atoms with Crippen LogP contribution in [0.15, 0.2) is 24.3 Å². The van der Waals surface area contributed by atoms with Crippen LogP contribution in [-0.2, 0) is 33.4 Å². The van der Waals surface area contributed by atoms with Crippen LogP contribution < -0.4 is 20.1 Å². The topological polar surface area (TPSA) is 167 Å². The molecule has 0 radical (unpaired) electrons. The summed E-state index contributed by atoms with van der Waals surface area (Å²) in [6, 6.07) is 2.27. The lowest BCUT2D eigenvalue weighted by molar-refractivity contribution is -0.151. The number of carbonyl (C=O) groups excluding carboxylic acids is 4. The van der Waals surface area contributed by atoms with E-state index < -0.39 is 54.6 Å². The molecule has 1 aromatic carbocycles. The minimum absolute atomic E-state index is 0.261. The molecular weight excluding hydrogens is 452 g/mol. The summed E-state index contributed by atoms with van der Waals surface area (Å²) in [5.41, 5.74) is 0.600. The highest BCUT2D eigenvalue weighted by molar-refractivity contribution is 5.97. The minimum atomic E-state index is -1.38. The molecule has 12 nitrogen and oxygen atoms in total. The van der Waals surface area contributed by atoms with Crippen molar-refractivity contribution in [3.8, 4) is 11.5 Å². The molecule has 0 spiro atoms. The summed E-state index contributed by atoms with van der Waals surface area (Å²) in [5.74, 6) is -3.48. The molecule has 0 aromatic heterocycles. The van der Waals surface area contributed by atoms with Gasteiger partial charge >= 0.3 is 17.9 Å². The summed E-state index contributed by atoms with van der Waals surface area (Å²) in [4.78, 5) is 59.5. The Morgan fingerprint density at radius 2 is 1.62 bits per heavy atom. The van der Waals surface area contributed by atoms with Crippen LogP contribution in [0.2, 0.25) is 0 Å². The minimum Gasteiger partial charge on any atom is -0.493 e. The Hall–Kier alpha value is -4.09. The molecule has 0 aliphatic heterocycles. The van der Waals surface area contributed by atoms with Gasteiger partial charge in [-0.25, -0.2) is 4.79 Å². The van der Waals surface area contributed by atoms with Crippen LogP contribution in [0, 0.1) is 0 Å². The van der Waals surface area contributed by atoms with Crippen molar-refractivity contribution >= 4 is 35.8 Å². The summed E-state index contributed by atoms with van der Waals surface area (Å²) in [6.45, 7) is 0. The Morgan fingerprint density at radius 1 is 0.941 bits per heavy atom. The predicted molar refractivity (Wildman–Crippen MR) is 118 cm³/mol. The lowest BCUT2D eigenvalue weighted by atomic mass is 10.1. The van der Waals surface area contributed by atoms with E-state index in [4.69, 9.17) is 14.6 Å². The fraction of sp³-hybridized carbons (Fsp3) is 0.409. The molecule has 0 aliphatic rings. The van der Waals surface area contributed by atoms with Gasteiger partial charge in [-0.2, -0.15) is 0 Å². The summed E-state index contributed by atoms with van der Waals surface area (Å²) in [7, 11) is 5.13. The highest BCUT2D eigenvalue weighted by atomic mass is 16.5. The monoisotopic (exact) mass is 480 g/mol. The maximum absolute atomic E-state index is 12.7. The molecular formula is C22H28N2O10. The van der Waals surface area contributed by atoms with Crippen molar-refractivity contribution in [3.63, 3.8) is 0 Å². The Labute approximate surface area is 196 Å². The van der Waals surface area contributed by atoms with Gasteiger partial charge in [0.15, 0.2) is 11.5 Å². The molecule has 2 atom stereocenters. The first-order chi connectivity index (χ1) is 16.1. The van der Waals surface area contributed by atoms with Crippen LogP contribution in [0.1, 0.15) is 24.8 Å². The largest absolute Gasteiger partial charge is 0.493 e. The van der Waals surface area contributed by atoms with Gasteiger partial charge in [-0.05, 0) is 30.2 Å². The molecule has 34 heavy (non-hydrogen) atoms. The average molecular weight is 480 g/mol. The molecule has 0 saturated carbocycles. The Kier molecular flexibility index (Phi) is 11.6. The number of aliphatic carboxylic acids is 1. The van der Waals surface area contributed by atoms with Gasteiger partial charge in [-0.15, -0.1) is 0 Å². The quantitative estimate of drug-likeness (QED) is 0.264. The zero-order chi connectivity index (χ0) is 25.7. The molecule has 0 fully saturated rings. The summed E-state index contributed by atoms with van der Waals surface area (Å²) in [5, 5.41) is 13.7. The maximum atomic E-state index is 12.7. The van der Waals surface area contributed by atoms with E-state index in [2.05, 4.69) is 20.1 Å². The second-order valence-corrected chi connectivity index (χ2v) is 6.81. The normalized spacial score (nSPS) is 12.2. The standard InChI is InChI=1S/C22H28N2O10/c1-31-16-8-5-13(11-17(16)32-2)6-9-18(25)23-14(7-10-19(26)27)21(29)24-15(22(30)34-4)12-20(28)33-3/h5-6,8-9,11,14-15H,7,10,12H2,1-4H3,(H,23,25)(H,24,29)(H,26,27)/b9-6+/t14-,15?/m0/s1. The Morgan fingerprint density at radius 3 is 2.18 bits per heavy atom. The van der Waals surface area contributed by atoms with Gasteiger partial charge in [0.05, 0.1) is 34.9 Å². The number of rotatable bonds is 13. The number of carboxylic acid groups (broad SMARTS) is 1. The first-order valence-corrected chi connectivity index (χ1v) is 10.0. The van der Waals surface area contributed by atoms with Crippen molar-refractivity contribution in [2.75, 3.05) is 28.4 Å². The second-order valence-electron chi connectivity index (χ2n) is 6.81. The third kappa shape index (κ3) is 9.18. The molecule has 0 bridgehead atoms. The van der Waals surface area contributed by atoms with Crippen molar-refractivity contribution < 1.29 is 48.0 Å². The van der Waals surface area contributed by atoms with Crippen molar-refractivity contribution in [1.82, 2.24) is 10.6 Å². The number of hydrogen-bond acceptors (Lipinski definition) is 9. The first-order valence-electron chi connectivity index (χ1n) is 10.0. The fourth-order valence-corrected chi connectivity index (χ4v) is 2.74. The van der Waals surface area contributed by atoms with Gasteiger partial charge in [-0.1, -0.05) is 6.07 Å².